The Hall–Kier alpha value is -1.85. The van der Waals surface area contributed by atoms with Gasteiger partial charge in [-0.3, -0.25) is 9.59 Å². The van der Waals surface area contributed by atoms with Crippen LogP contribution in [0.2, 0.25) is 0 Å². The molecular weight excluding hydrogens is 248 g/mol. The predicted octanol–water partition coefficient (Wildman–Crippen LogP) is 0.827. The SMILES string of the molecule is CC(C(=O)O)=C(C)C(=O)NC(C)C(=O)NC(C)(C)C. The van der Waals surface area contributed by atoms with E-state index in [2.05, 4.69) is 10.6 Å². The van der Waals surface area contributed by atoms with E-state index in [0.29, 0.717) is 0 Å². The van der Waals surface area contributed by atoms with Crippen molar-refractivity contribution in [2.45, 2.75) is 53.1 Å². The Labute approximate surface area is 113 Å². The van der Waals surface area contributed by atoms with Crippen LogP contribution in [0.5, 0.6) is 0 Å². The molecule has 0 saturated heterocycles. The first kappa shape index (κ1) is 17.2. The number of amides is 2. The highest BCUT2D eigenvalue weighted by Crippen LogP contribution is 2.04. The summed E-state index contributed by atoms with van der Waals surface area (Å²) in [5, 5.41) is 14.0. The quantitative estimate of drug-likeness (QED) is 0.659. The van der Waals surface area contributed by atoms with E-state index < -0.39 is 23.5 Å². The van der Waals surface area contributed by atoms with Crippen molar-refractivity contribution in [3.63, 3.8) is 0 Å². The highest BCUT2D eigenvalue weighted by Gasteiger charge is 2.22. The lowest BCUT2D eigenvalue weighted by Crippen LogP contribution is -2.51. The van der Waals surface area contributed by atoms with E-state index in [1.54, 1.807) is 6.92 Å². The number of hydrogen-bond donors (Lipinski definition) is 3. The summed E-state index contributed by atoms with van der Waals surface area (Å²) in [4.78, 5) is 34.3. The molecule has 0 spiro atoms. The average Bonchev–Trinajstić information content (AvgIpc) is 2.24. The largest absolute Gasteiger partial charge is 0.478 e. The van der Waals surface area contributed by atoms with Crippen LogP contribution < -0.4 is 10.6 Å². The van der Waals surface area contributed by atoms with Crippen LogP contribution in [0.1, 0.15) is 41.5 Å². The molecule has 0 rings (SSSR count). The van der Waals surface area contributed by atoms with Crippen molar-refractivity contribution < 1.29 is 19.5 Å². The molecule has 19 heavy (non-hydrogen) atoms. The number of rotatable bonds is 4. The lowest BCUT2D eigenvalue weighted by molar-refractivity contribution is -0.133. The van der Waals surface area contributed by atoms with Gasteiger partial charge in [0.25, 0.3) is 0 Å². The number of nitrogens with one attached hydrogen (secondary N) is 2. The molecular formula is C13H22N2O4. The van der Waals surface area contributed by atoms with E-state index in [0.717, 1.165) is 0 Å². The molecule has 0 heterocycles. The minimum atomic E-state index is -1.15. The van der Waals surface area contributed by atoms with Crippen LogP contribution >= 0.6 is 0 Å². The fraction of sp³-hybridized carbons (Fsp3) is 0.615. The van der Waals surface area contributed by atoms with Gasteiger partial charge in [0, 0.05) is 16.7 Å². The van der Waals surface area contributed by atoms with Crippen LogP contribution in [-0.4, -0.2) is 34.5 Å². The Kier molecular flexibility index (Phi) is 5.74. The number of aliphatic carboxylic acids is 1. The van der Waals surface area contributed by atoms with Crippen LogP contribution in [0.15, 0.2) is 11.1 Å². The first-order valence-corrected chi connectivity index (χ1v) is 5.99. The van der Waals surface area contributed by atoms with Gasteiger partial charge in [0.15, 0.2) is 0 Å². The third-order valence-corrected chi connectivity index (χ3v) is 2.46. The van der Waals surface area contributed by atoms with Gasteiger partial charge in [0.2, 0.25) is 11.8 Å². The third-order valence-electron chi connectivity index (χ3n) is 2.46. The van der Waals surface area contributed by atoms with E-state index in [1.165, 1.54) is 13.8 Å². The van der Waals surface area contributed by atoms with Gasteiger partial charge in [-0.15, -0.1) is 0 Å². The summed E-state index contributed by atoms with van der Waals surface area (Å²) in [6.45, 7) is 9.80. The molecule has 0 fully saturated rings. The molecule has 0 aliphatic carbocycles. The molecule has 1 unspecified atom stereocenters. The third kappa shape index (κ3) is 6.03. The molecule has 1 atom stereocenters. The van der Waals surface area contributed by atoms with E-state index in [4.69, 9.17) is 5.11 Å². The maximum absolute atomic E-state index is 11.8. The van der Waals surface area contributed by atoms with Crippen molar-refractivity contribution in [3.8, 4) is 0 Å². The zero-order valence-electron chi connectivity index (χ0n) is 12.2. The molecule has 6 heteroatoms. The minimum absolute atomic E-state index is 0.0408. The molecule has 3 N–H and O–H groups in total. The topological polar surface area (TPSA) is 95.5 Å². The molecule has 0 bridgehead atoms. The Morgan fingerprint density at radius 1 is 1.05 bits per heavy atom. The molecule has 6 nitrogen and oxygen atoms in total. The second-order valence-electron chi connectivity index (χ2n) is 5.49. The highest BCUT2D eigenvalue weighted by molar-refractivity contribution is 6.02. The summed E-state index contributed by atoms with van der Waals surface area (Å²) in [6, 6.07) is -0.733. The summed E-state index contributed by atoms with van der Waals surface area (Å²) >= 11 is 0. The van der Waals surface area contributed by atoms with Crippen molar-refractivity contribution >= 4 is 17.8 Å². The van der Waals surface area contributed by atoms with Gasteiger partial charge >= 0.3 is 5.97 Å². The average molecular weight is 270 g/mol. The Balaban J connectivity index is 4.71. The Morgan fingerprint density at radius 3 is 1.89 bits per heavy atom. The van der Waals surface area contributed by atoms with Gasteiger partial charge in [0.1, 0.15) is 6.04 Å². The molecule has 0 saturated carbocycles. The standard InChI is InChI=1S/C13H22N2O4/c1-7(8(2)12(18)19)10(16)14-9(3)11(17)15-13(4,5)6/h9H,1-6H3,(H,14,16)(H,15,17)(H,18,19). The fourth-order valence-electron chi connectivity index (χ4n) is 1.18. The second kappa shape index (κ2) is 6.36. The molecule has 0 aromatic heterocycles. The van der Waals surface area contributed by atoms with Gasteiger partial charge in [-0.1, -0.05) is 0 Å². The predicted molar refractivity (Wildman–Crippen MR) is 71.5 cm³/mol. The second-order valence-corrected chi connectivity index (χ2v) is 5.49. The van der Waals surface area contributed by atoms with Crippen molar-refractivity contribution in [1.29, 1.82) is 0 Å². The summed E-state index contributed by atoms with van der Waals surface area (Å²) in [5.74, 6) is -2.03. The summed E-state index contributed by atoms with van der Waals surface area (Å²) < 4.78 is 0. The van der Waals surface area contributed by atoms with E-state index >= 15 is 0 Å². The zero-order chi connectivity index (χ0) is 15.4. The van der Waals surface area contributed by atoms with Crippen molar-refractivity contribution in [2.75, 3.05) is 0 Å². The number of carboxylic acid groups (broad SMARTS) is 1. The molecule has 0 radical (unpaired) electrons. The van der Waals surface area contributed by atoms with Crippen molar-refractivity contribution in [3.05, 3.63) is 11.1 Å². The van der Waals surface area contributed by atoms with Gasteiger partial charge in [-0.25, -0.2) is 4.79 Å². The molecule has 0 aromatic carbocycles. The van der Waals surface area contributed by atoms with Crippen LogP contribution in [0.3, 0.4) is 0 Å². The molecule has 0 aliphatic heterocycles. The normalized spacial score (nSPS) is 14.2. The highest BCUT2D eigenvalue weighted by atomic mass is 16.4. The molecule has 0 aromatic rings. The lowest BCUT2D eigenvalue weighted by atomic mass is 10.1. The number of carboxylic acids is 1. The Bertz CT molecular complexity index is 419. The van der Waals surface area contributed by atoms with Crippen LogP contribution in [0, 0.1) is 0 Å². The fourth-order valence-corrected chi connectivity index (χ4v) is 1.18. The smallest absolute Gasteiger partial charge is 0.331 e. The zero-order valence-corrected chi connectivity index (χ0v) is 12.2. The van der Waals surface area contributed by atoms with Gasteiger partial charge in [-0.2, -0.15) is 0 Å². The van der Waals surface area contributed by atoms with Gasteiger partial charge < -0.3 is 15.7 Å². The number of carbonyl (C=O) groups excluding carboxylic acids is 2. The van der Waals surface area contributed by atoms with E-state index in [9.17, 15) is 14.4 Å². The maximum atomic E-state index is 11.8. The van der Waals surface area contributed by atoms with E-state index in [-0.39, 0.29) is 17.1 Å². The van der Waals surface area contributed by atoms with Crippen LogP contribution in [0.25, 0.3) is 0 Å². The summed E-state index contributed by atoms with van der Waals surface area (Å²) in [6.07, 6.45) is 0. The van der Waals surface area contributed by atoms with Crippen LogP contribution in [-0.2, 0) is 14.4 Å². The van der Waals surface area contributed by atoms with Crippen molar-refractivity contribution in [2.24, 2.45) is 0 Å². The monoisotopic (exact) mass is 270 g/mol. The number of hydrogen-bond acceptors (Lipinski definition) is 3. The van der Waals surface area contributed by atoms with Gasteiger partial charge in [0.05, 0.1) is 0 Å². The first-order chi connectivity index (χ1) is 8.45. The lowest BCUT2D eigenvalue weighted by Gasteiger charge is -2.23. The van der Waals surface area contributed by atoms with Crippen molar-refractivity contribution in [1.82, 2.24) is 10.6 Å². The molecule has 2 amide bonds. The molecule has 108 valence electrons. The summed E-state index contributed by atoms with van der Waals surface area (Å²) in [5.41, 5.74) is -0.346. The minimum Gasteiger partial charge on any atom is -0.478 e. The van der Waals surface area contributed by atoms with E-state index in [1.807, 2.05) is 20.8 Å². The van der Waals surface area contributed by atoms with Gasteiger partial charge in [-0.05, 0) is 41.5 Å². The molecule has 0 aliphatic rings. The van der Waals surface area contributed by atoms with Crippen LogP contribution in [0.4, 0.5) is 0 Å². The maximum Gasteiger partial charge on any atom is 0.331 e. The summed E-state index contributed by atoms with van der Waals surface area (Å²) in [7, 11) is 0. The number of carbonyl (C=O) groups is 3. The Morgan fingerprint density at radius 2 is 1.53 bits per heavy atom. The first-order valence-electron chi connectivity index (χ1n) is 5.99.